The summed E-state index contributed by atoms with van der Waals surface area (Å²) < 4.78 is 5.83. The summed E-state index contributed by atoms with van der Waals surface area (Å²) in [5, 5.41) is 0. The molecule has 2 nitrogen and oxygen atoms in total. The lowest BCUT2D eigenvalue weighted by Crippen LogP contribution is -2.14. The van der Waals surface area contributed by atoms with Gasteiger partial charge in [0.2, 0.25) is 0 Å². The van der Waals surface area contributed by atoms with Crippen LogP contribution in [-0.2, 0) is 5.41 Å². The largest absolute Gasteiger partial charge is 0.457 e. The average molecular weight is 299 g/mol. The molecule has 0 heterocycles. The Morgan fingerprint density at radius 1 is 1.00 bits per heavy atom. The van der Waals surface area contributed by atoms with Gasteiger partial charge in [-0.2, -0.15) is 0 Å². The summed E-state index contributed by atoms with van der Waals surface area (Å²) in [6.07, 6.45) is 1.10. The molecule has 0 aliphatic heterocycles. The smallest absolute Gasteiger partial charge is 0.127 e. The van der Waals surface area contributed by atoms with Gasteiger partial charge in [0, 0.05) is 5.56 Å². The number of nitrogens with two attached hydrogens (primary N) is 1. The van der Waals surface area contributed by atoms with Crippen LogP contribution in [0, 0.1) is 0 Å². The second-order valence-electron chi connectivity index (χ2n) is 5.75. The first kappa shape index (κ1) is 15.5. The zero-order valence-electron chi connectivity index (χ0n) is 12.7. The summed E-state index contributed by atoms with van der Waals surface area (Å²) in [6.45, 7) is 6.70. The van der Waals surface area contributed by atoms with E-state index in [0.717, 1.165) is 23.5 Å². The quantitative estimate of drug-likeness (QED) is 0.805. The van der Waals surface area contributed by atoms with E-state index in [9.17, 15) is 0 Å². The van der Waals surface area contributed by atoms with Crippen LogP contribution in [0.3, 0.4) is 0 Å². The molecule has 0 aliphatic carbocycles. The van der Waals surface area contributed by atoms with E-state index < -0.39 is 0 Å². The molecule has 0 fully saturated rings. The molecule has 21 heavy (non-hydrogen) atoms. The van der Waals surface area contributed by atoms with Gasteiger partial charge in [-0.3, -0.25) is 0 Å². The molecule has 2 rings (SSSR count). The third-order valence-corrected chi connectivity index (χ3v) is 4.13. The Morgan fingerprint density at radius 3 is 1.90 bits per heavy atom. The number of rotatable bonds is 5. The Labute approximate surface area is 131 Å². The Bertz CT molecular complexity index is 615. The average Bonchev–Trinajstić information content (AvgIpc) is 2.48. The summed E-state index contributed by atoms with van der Waals surface area (Å²) in [5.74, 6) is 1.60. The highest BCUT2D eigenvalue weighted by Crippen LogP contribution is 2.29. The molecule has 3 heteroatoms. The molecule has 0 saturated carbocycles. The van der Waals surface area contributed by atoms with E-state index in [-0.39, 0.29) is 5.41 Å². The second kappa shape index (κ2) is 6.27. The molecule has 0 saturated heterocycles. The SMILES string of the molecule is CCC(C)(C)c1ccc(Oc2ccc(C(N)=S)cc2)cc1. The lowest BCUT2D eigenvalue weighted by molar-refractivity contribution is 0.478. The van der Waals surface area contributed by atoms with Crippen LogP contribution in [0.25, 0.3) is 0 Å². The minimum Gasteiger partial charge on any atom is -0.457 e. The minimum absolute atomic E-state index is 0.191. The predicted octanol–water partition coefficient (Wildman–Crippen LogP) is 4.80. The van der Waals surface area contributed by atoms with Crippen LogP contribution in [-0.4, -0.2) is 4.99 Å². The van der Waals surface area contributed by atoms with Gasteiger partial charge in [-0.1, -0.05) is 45.1 Å². The van der Waals surface area contributed by atoms with Crippen LogP contribution in [0.4, 0.5) is 0 Å². The fraction of sp³-hybridized carbons (Fsp3) is 0.278. The van der Waals surface area contributed by atoms with Crippen molar-refractivity contribution >= 4 is 17.2 Å². The van der Waals surface area contributed by atoms with Gasteiger partial charge >= 0.3 is 0 Å². The van der Waals surface area contributed by atoms with Crippen LogP contribution in [0.5, 0.6) is 11.5 Å². The number of benzene rings is 2. The van der Waals surface area contributed by atoms with Crippen LogP contribution >= 0.6 is 12.2 Å². The Hall–Kier alpha value is -1.87. The summed E-state index contributed by atoms with van der Waals surface area (Å²) in [7, 11) is 0. The zero-order valence-corrected chi connectivity index (χ0v) is 13.5. The second-order valence-corrected chi connectivity index (χ2v) is 6.19. The topological polar surface area (TPSA) is 35.2 Å². The molecule has 2 aromatic rings. The van der Waals surface area contributed by atoms with Crippen LogP contribution < -0.4 is 10.5 Å². The van der Waals surface area contributed by atoms with E-state index in [2.05, 4.69) is 32.9 Å². The van der Waals surface area contributed by atoms with Gasteiger partial charge in [0.15, 0.2) is 0 Å². The molecule has 110 valence electrons. The molecule has 0 unspecified atom stereocenters. The standard InChI is InChI=1S/C18H21NOS/c1-4-18(2,3)14-7-11-16(12-8-14)20-15-9-5-13(6-10-15)17(19)21/h5-12H,4H2,1-3H3,(H2,19,21). The van der Waals surface area contributed by atoms with E-state index in [1.807, 2.05) is 36.4 Å². The Morgan fingerprint density at radius 2 is 1.48 bits per heavy atom. The van der Waals surface area contributed by atoms with Crippen molar-refractivity contribution in [1.29, 1.82) is 0 Å². The van der Waals surface area contributed by atoms with E-state index in [0.29, 0.717) is 4.99 Å². The van der Waals surface area contributed by atoms with Crippen molar-refractivity contribution in [3.05, 3.63) is 59.7 Å². The molecule has 0 aliphatic rings. The van der Waals surface area contributed by atoms with Gasteiger partial charge in [0.25, 0.3) is 0 Å². The molecule has 0 atom stereocenters. The van der Waals surface area contributed by atoms with E-state index >= 15 is 0 Å². The fourth-order valence-corrected chi connectivity index (χ4v) is 2.14. The highest BCUT2D eigenvalue weighted by Gasteiger charge is 2.17. The molecule has 0 spiro atoms. The van der Waals surface area contributed by atoms with E-state index in [1.54, 1.807) is 0 Å². The van der Waals surface area contributed by atoms with Gasteiger partial charge in [-0.15, -0.1) is 0 Å². The van der Waals surface area contributed by atoms with Crippen molar-refractivity contribution < 1.29 is 4.74 Å². The molecule has 0 aromatic heterocycles. The number of hydrogen-bond donors (Lipinski definition) is 1. The van der Waals surface area contributed by atoms with Gasteiger partial charge in [0.05, 0.1) is 0 Å². The third-order valence-electron chi connectivity index (χ3n) is 3.89. The highest BCUT2D eigenvalue weighted by atomic mass is 32.1. The summed E-state index contributed by atoms with van der Waals surface area (Å²) in [6, 6.07) is 15.8. The predicted molar refractivity (Wildman–Crippen MR) is 92.2 cm³/mol. The third kappa shape index (κ3) is 3.82. The zero-order chi connectivity index (χ0) is 15.5. The van der Waals surface area contributed by atoms with Gasteiger partial charge in [-0.25, -0.2) is 0 Å². The number of ether oxygens (including phenoxy) is 1. The van der Waals surface area contributed by atoms with Crippen molar-refractivity contribution in [2.75, 3.05) is 0 Å². The van der Waals surface area contributed by atoms with Crippen molar-refractivity contribution in [3.8, 4) is 11.5 Å². The highest BCUT2D eigenvalue weighted by molar-refractivity contribution is 7.80. The molecule has 2 aromatic carbocycles. The van der Waals surface area contributed by atoms with Crippen LogP contribution in [0.2, 0.25) is 0 Å². The van der Waals surface area contributed by atoms with Crippen molar-refractivity contribution in [2.45, 2.75) is 32.6 Å². The molecule has 0 bridgehead atoms. The number of hydrogen-bond acceptors (Lipinski definition) is 2. The lowest BCUT2D eigenvalue weighted by Gasteiger charge is -2.23. The Kier molecular flexibility index (Phi) is 4.63. The monoisotopic (exact) mass is 299 g/mol. The Balaban J connectivity index is 2.11. The maximum atomic E-state index is 5.83. The maximum absolute atomic E-state index is 5.83. The number of thiocarbonyl (C=S) groups is 1. The van der Waals surface area contributed by atoms with Gasteiger partial charge in [-0.05, 0) is 53.8 Å². The van der Waals surface area contributed by atoms with Crippen LogP contribution in [0.15, 0.2) is 48.5 Å². The van der Waals surface area contributed by atoms with Gasteiger partial charge < -0.3 is 10.5 Å². The first-order valence-corrected chi connectivity index (χ1v) is 7.51. The molecular weight excluding hydrogens is 278 g/mol. The maximum Gasteiger partial charge on any atom is 0.127 e. The first-order chi connectivity index (χ1) is 9.92. The van der Waals surface area contributed by atoms with Crippen LogP contribution in [0.1, 0.15) is 38.3 Å². The first-order valence-electron chi connectivity index (χ1n) is 7.10. The summed E-state index contributed by atoms with van der Waals surface area (Å²) in [5.41, 5.74) is 7.93. The van der Waals surface area contributed by atoms with Crippen molar-refractivity contribution in [3.63, 3.8) is 0 Å². The summed E-state index contributed by atoms with van der Waals surface area (Å²) in [4.78, 5) is 0.396. The normalized spacial score (nSPS) is 11.2. The van der Waals surface area contributed by atoms with Gasteiger partial charge in [0.1, 0.15) is 16.5 Å². The molecule has 0 radical (unpaired) electrons. The molecule has 0 amide bonds. The van der Waals surface area contributed by atoms with E-state index in [1.165, 1.54) is 5.56 Å². The molecular formula is C18H21NOS. The molecule has 2 N–H and O–H groups in total. The summed E-state index contributed by atoms with van der Waals surface area (Å²) >= 11 is 4.93. The minimum atomic E-state index is 0.191. The fourth-order valence-electron chi connectivity index (χ4n) is 2.00. The lowest BCUT2D eigenvalue weighted by atomic mass is 9.82. The van der Waals surface area contributed by atoms with E-state index in [4.69, 9.17) is 22.7 Å². The van der Waals surface area contributed by atoms with Crippen molar-refractivity contribution in [1.82, 2.24) is 0 Å². The van der Waals surface area contributed by atoms with Crippen molar-refractivity contribution in [2.24, 2.45) is 5.73 Å².